The van der Waals surface area contributed by atoms with E-state index in [0.717, 1.165) is 29.8 Å². The first-order chi connectivity index (χ1) is 16.9. The van der Waals surface area contributed by atoms with Crippen LogP contribution in [0.25, 0.3) is 0 Å². The van der Waals surface area contributed by atoms with Crippen molar-refractivity contribution in [3.05, 3.63) is 98.5 Å². The van der Waals surface area contributed by atoms with E-state index in [2.05, 4.69) is 16.1 Å². The number of rotatable bonds is 11. The van der Waals surface area contributed by atoms with Crippen LogP contribution in [0.15, 0.2) is 61.4 Å². The van der Waals surface area contributed by atoms with Crippen LogP contribution in [0.4, 0.5) is 0 Å². The van der Waals surface area contributed by atoms with Gasteiger partial charge in [0.25, 0.3) is 0 Å². The molecule has 4 rings (SSSR count). The van der Waals surface area contributed by atoms with Crippen LogP contribution in [-0.4, -0.2) is 28.9 Å². The molecule has 35 heavy (non-hydrogen) atoms. The maximum Gasteiger partial charge on any atom is 0.196 e. The van der Waals surface area contributed by atoms with Crippen LogP contribution in [0.3, 0.4) is 0 Å². The smallest absolute Gasteiger partial charge is 0.196 e. The van der Waals surface area contributed by atoms with Crippen molar-refractivity contribution in [3.8, 4) is 0 Å². The minimum absolute atomic E-state index is 0.268. The Morgan fingerprint density at radius 2 is 1.89 bits per heavy atom. The van der Waals surface area contributed by atoms with Crippen molar-refractivity contribution in [1.82, 2.24) is 9.55 Å². The minimum atomic E-state index is -0.997. The second kappa shape index (κ2) is 12.1. The Morgan fingerprint density at radius 1 is 1.11 bits per heavy atom. The Morgan fingerprint density at radius 3 is 2.63 bits per heavy atom. The van der Waals surface area contributed by atoms with Crippen molar-refractivity contribution < 1.29 is 14.2 Å². The number of ether oxygens (including phenoxy) is 3. The van der Waals surface area contributed by atoms with Gasteiger partial charge in [0.05, 0.1) is 24.8 Å². The molecule has 5 nitrogen and oxygen atoms in total. The molecule has 0 bridgehead atoms. The summed E-state index contributed by atoms with van der Waals surface area (Å²) < 4.78 is 20.7. The van der Waals surface area contributed by atoms with Gasteiger partial charge in [-0.1, -0.05) is 64.6 Å². The van der Waals surface area contributed by atoms with Crippen LogP contribution in [0.5, 0.6) is 0 Å². The molecule has 1 aliphatic rings. The van der Waals surface area contributed by atoms with Crippen LogP contribution >= 0.6 is 46.4 Å². The van der Waals surface area contributed by atoms with Gasteiger partial charge in [0.1, 0.15) is 11.9 Å². The molecule has 0 aliphatic carbocycles. The summed E-state index contributed by atoms with van der Waals surface area (Å²) in [4.78, 5) is 4.47. The standard InChI is InChI=1S/C26H26Cl4N2O3/c1-2-11-32-12-10-31-25(32)4-3-9-26(22-8-7-20(28)14-24(22)30)34-17-21(35-26)16-33-15-18-5-6-19(27)13-23(18)29/h2,5-8,10,12-14,21H,1,3-4,9,11,15-17H2/t21-,26-/m0/s1. The Hall–Kier alpha value is -1.57. The number of hydrogen-bond donors (Lipinski definition) is 0. The predicted molar refractivity (Wildman–Crippen MR) is 140 cm³/mol. The summed E-state index contributed by atoms with van der Waals surface area (Å²) >= 11 is 24.9. The molecule has 9 heteroatoms. The minimum Gasteiger partial charge on any atom is -0.374 e. The first-order valence-corrected chi connectivity index (χ1v) is 12.8. The number of hydrogen-bond acceptors (Lipinski definition) is 4. The molecule has 1 fully saturated rings. The Kier molecular flexibility index (Phi) is 9.17. The van der Waals surface area contributed by atoms with E-state index in [1.807, 2.05) is 24.4 Å². The summed E-state index contributed by atoms with van der Waals surface area (Å²) in [5, 5.41) is 2.21. The predicted octanol–water partition coefficient (Wildman–Crippen LogP) is 7.49. The Bertz CT molecular complexity index is 1170. The second-order valence-electron chi connectivity index (χ2n) is 8.32. The van der Waals surface area contributed by atoms with Gasteiger partial charge in [-0.05, 0) is 36.2 Å². The molecule has 3 aromatic rings. The molecule has 1 saturated heterocycles. The molecule has 0 amide bonds. The molecule has 2 atom stereocenters. The topological polar surface area (TPSA) is 45.5 Å². The summed E-state index contributed by atoms with van der Waals surface area (Å²) in [6.07, 6.45) is 7.47. The first kappa shape index (κ1) is 26.5. The highest BCUT2D eigenvalue weighted by Crippen LogP contribution is 2.42. The molecule has 186 valence electrons. The lowest BCUT2D eigenvalue weighted by Gasteiger charge is -2.29. The van der Waals surface area contributed by atoms with Crippen LogP contribution in [-0.2, 0) is 39.6 Å². The maximum atomic E-state index is 6.58. The maximum absolute atomic E-state index is 6.58. The lowest BCUT2D eigenvalue weighted by molar-refractivity contribution is -0.187. The monoisotopic (exact) mass is 554 g/mol. The summed E-state index contributed by atoms with van der Waals surface area (Å²) in [5.74, 6) is -0.0105. The average molecular weight is 556 g/mol. The van der Waals surface area contributed by atoms with Crippen LogP contribution < -0.4 is 0 Å². The van der Waals surface area contributed by atoms with Gasteiger partial charge in [-0.15, -0.1) is 6.58 Å². The number of aryl methyl sites for hydroxylation is 1. The molecule has 0 radical (unpaired) electrons. The van der Waals surface area contributed by atoms with E-state index in [4.69, 9.17) is 60.6 Å². The van der Waals surface area contributed by atoms with E-state index in [0.29, 0.717) is 52.9 Å². The third-order valence-corrected chi connectivity index (χ3v) is 6.95. The third kappa shape index (κ3) is 6.60. The Labute approximate surface area is 225 Å². The fraction of sp³-hybridized carbons (Fsp3) is 0.346. The fourth-order valence-electron chi connectivity index (χ4n) is 4.14. The number of imidazole rings is 1. The van der Waals surface area contributed by atoms with E-state index in [9.17, 15) is 0 Å². The number of benzene rings is 2. The van der Waals surface area contributed by atoms with Gasteiger partial charge < -0.3 is 18.8 Å². The first-order valence-electron chi connectivity index (χ1n) is 11.3. The molecule has 1 aromatic heterocycles. The molecule has 0 saturated carbocycles. The van der Waals surface area contributed by atoms with E-state index in [1.54, 1.807) is 30.5 Å². The summed E-state index contributed by atoms with van der Waals surface area (Å²) in [7, 11) is 0. The zero-order valence-corrected chi connectivity index (χ0v) is 22.1. The van der Waals surface area contributed by atoms with Gasteiger partial charge in [0.15, 0.2) is 5.79 Å². The van der Waals surface area contributed by atoms with Gasteiger partial charge in [0.2, 0.25) is 0 Å². The van der Waals surface area contributed by atoms with E-state index in [-0.39, 0.29) is 6.10 Å². The van der Waals surface area contributed by atoms with Gasteiger partial charge in [0, 0.05) is 52.4 Å². The zero-order chi connectivity index (χ0) is 24.8. The highest BCUT2D eigenvalue weighted by Gasteiger charge is 2.44. The van der Waals surface area contributed by atoms with Crippen molar-refractivity contribution in [1.29, 1.82) is 0 Å². The van der Waals surface area contributed by atoms with Crippen LogP contribution in [0, 0.1) is 0 Å². The van der Waals surface area contributed by atoms with Gasteiger partial charge in [-0.25, -0.2) is 4.98 Å². The molecule has 2 aromatic carbocycles. The SMILES string of the molecule is C=CCn1ccnc1CCC[C@]1(c2ccc(Cl)cc2Cl)OC[C@H](COCc2ccc(Cl)cc2Cl)O1. The van der Waals surface area contributed by atoms with Crippen molar-refractivity contribution in [2.75, 3.05) is 13.2 Å². The summed E-state index contributed by atoms with van der Waals surface area (Å²) in [5.41, 5.74) is 1.61. The van der Waals surface area contributed by atoms with Gasteiger partial charge in [-0.2, -0.15) is 0 Å². The number of allylic oxidation sites excluding steroid dienone is 1. The lowest BCUT2D eigenvalue weighted by atomic mass is 9.99. The molecule has 0 unspecified atom stereocenters. The molecular formula is C26H26Cl4N2O3. The molecule has 0 N–H and O–H groups in total. The largest absolute Gasteiger partial charge is 0.374 e. The quantitative estimate of drug-likeness (QED) is 0.230. The number of aromatic nitrogens is 2. The van der Waals surface area contributed by atoms with Crippen molar-refractivity contribution in [3.63, 3.8) is 0 Å². The van der Waals surface area contributed by atoms with E-state index < -0.39 is 5.79 Å². The molecule has 2 heterocycles. The van der Waals surface area contributed by atoms with Crippen molar-refractivity contribution in [2.24, 2.45) is 0 Å². The fourth-order valence-corrected chi connectivity index (χ4v) is 5.16. The number of nitrogens with zero attached hydrogens (tertiary/aromatic N) is 2. The van der Waals surface area contributed by atoms with Crippen LogP contribution in [0.1, 0.15) is 29.8 Å². The molecule has 0 spiro atoms. The summed E-state index contributed by atoms with van der Waals surface area (Å²) in [6, 6.07) is 10.7. The second-order valence-corrected chi connectivity index (χ2v) is 10.0. The van der Waals surface area contributed by atoms with Gasteiger partial charge >= 0.3 is 0 Å². The lowest BCUT2D eigenvalue weighted by Crippen LogP contribution is -2.30. The molecular weight excluding hydrogens is 530 g/mol. The zero-order valence-electron chi connectivity index (χ0n) is 19.1. The summed E-state index contributed by atoms with van der Waals surface area (Å²) in [6.45, 7) is 5.58. The van der Waals surface area contributed by atoms with Crippen molar-refractivity contribution >= 4 is 46.4 Å². The van der Waals surface area contributed by atoms with E-state index in [1.165, 1.54) is 0 Å². The van der Waals surface area contributed by atoms with Gasteiger partial charge in [-0.3, -0.25) is 0 Å². The highest BCUT2D eigenvalue weighted by molar-refractivity contribution is 6.35. The molecule has 1 aliphatic heterocycles. The normalized spacial score (nSPS) is 19.8. The Balaban J connectivity index is 1.43. The van der Waals surface area contributed by atoms with E-state index >= 15 is 0 Å². The number of halogens is 4. The average Bonchev–Trinajstić information content (AvgIpc) is 3.43. The van der Waals surface area contributed by atoms with Crippen LogP contribution in [0.2, 0.25) is 20.1 Å². The highest BCUT2D eigenvalue weighted by atomic mass is 35.5. The third-order valence-electron chi connectivity index (χ3n) is 5.81. The van der Waals surface area contributed by atoms with Crippen molar-refractivity contribution in [2.45, 2.75) is 44.3 Å².